The monoisotopic (exact) mass is 463 g/mol. The molecule has 6 nitrogen and oxygen atoms in total. The summed E-state index contributed by atoms with van der Waals surface area (Å²) in [5, 5.41) is 0. The number of nitrogens with two attached hydrogens (primary N) is 1. The molecule has 7 heteroatoms. The van der Waals surface area contributed by atoms with Crippen molar-refractivity contribution in [2.45, 2.75) is 37.8 Å². The predicted octanol–water partition coefficient (Wildman–Crippen LogP) is 5.43. The Balaban J connectivity index is 1.49. The number of carbonyl (C=O) groups excluding carboxylic acids is 1. The van der Waals surface area contributed by atoms with E-state index >= 15 is 0 Å². The summed E-state index contributed by atoms with van der Waals surface area (Å²) in [6, 6.07) is 17.9. The molecular formula is C27H30FN3O3. The highest BCUT2D eigenvalue weighted by Crippen LogP contribution is 2.40. The van der Waals surface area contributed by atoms with E-state index in [4.69, 9.17) is 15.2 Å². The molecule has 0 radical (unpaired) electrons. The summed E-state index contributed by atoms with van der Waals surface area (Å²) < 4.78 is 24.7. The third kappa shape index (κ3) is 4.89. The molecule has 0 unspecified atom stereocenters. The lowest BCUT2D eigenvalue weighted by molar-refractivity contribution is -0.0661. The number of aromatic nitrogens is 1. The quantitative estimate of drug-likeness (QED) is 0.482. The average Bonchev–Trinajstić information content (AvgIpc) is 2.88. The topological polar surface area (TPSA) is 77.7 Å². The summed E-state index contributed by atoms with van der Waals surface area (Å²) in [5.41, 5.74) is 8.79. The maximum Gasteiger partial charge on any atom is 0.411 e. The molecule has 1 aliphatic rings. The van der Waals surface area contributed by atoms with Crippen molar-refractivity contribution in [1.29, 1.82) is 0 Å². The molecule has 1 fully saturated rings. The van der Waals surface area contributed by atoms with Crippen LogP contribution in [0, 0.1) is 5.82 Å². The van der Waals surface area contributed by atoms with Crippen molar-refractivity contribution >= 4 is 6.09 Å². The van der Waals surface area contributed by atoms with Crippen molar-refractivity contribution in [3.8, 4) is 17.0 Å². The molecule has 34 heavy (non-hydrogen) atoms. The second-order valence-corrected chi connectivity index (χ2v) is 8.59. The van der Waals surface area contributed by atoms with E-state index in [9.17, 15) is 9.18 Å². The minimum atomic E-state index is -0.786. The Morgan fingerprint density at radius 3 is 2.41 bits per heavy atom. The van der Waals surface area contributed by atoms with Gasteiger partial charge in [-0.3, -0.25) is 0 Å². The van der Waals surface area contributed by atoms with Gasteiger partial charge in [0.2, 0.25) is 5.88 Å². The molecule has 2 atom stereocenters. The molecule has 1 aliphatic heterocycles. The Morgan fingerprint density at radius 1 is 1.12 bits per heavy atom. The van der Waals surface area contributed by atoms with Crippen molar-refractivity contribution in [3.63, 3.8) is 0 Å². The summed E-state index contributed by atoms with van der Waals surface area (Å²) in [4.78, 5) is 19.2. The molecule has 0 bridgehead atoms. The number of pyridine rings is 1. The Hall–Kier alpha value is -3.45. The van der Waals surface area contributed by atoms with E-state index in [0.29, 0.717) is 38.2 Å². The van der Waals surface area contributed by atoms with Crippen LogP contribution >= 0.6 is 0 Å². The predicted molar refractivity (Wildman–Crippen MR) is 129 cm³/mol. The van der Waals surface area contributed by atoms with Crippen LogP contribution in [-0.2, 0) is 10.3 Å². The van der Waals surface area contributed by atoms with Gasteiger partial charge in [0, 0.05) is 30.8 Å². The molecule has 1 saturated heterocycles. The average molecular weight is 464 g/mol. The van der Waals surface area contributed by atoms with Crippen molar-refractivity contribution in [3.05, 3.63) is 83.8 Å². The van der Waals surface area contributed by atoms with Crippen LogP contribution in [0.15, 0.2) is 66.9 Å². The zero-order valence-electron chi connectivity index (χ0n) is 19.5. The van der Waals surface area contributed by atoms with E-state index in [1.807, 2.05) is 43.3 Å². The molecule has 1 aromatic heterocycles. The maximum absolute atomic E-state index is 13.5. The zero-order chi connectivity index (χ0) is 24.1. The number of ether oxygens (including phenoxy) is 2. The van der Waals surface area contributed by atoms with E-state index in [0.717, 1.165) is 22.3 Å². The van der Waals surface area contributed by atoms with Gasteiger partial charge in [-0.05, 0) is 61.2 Å². The van der Waals surface area contributed by atoms with Gasteiger partial charge in [0.15, 0.2) is 0 Å². The van der Waals surface area contributed by atoms with E-state index in [1.165, 1.54) is 12.1 Å². The summed E-state index contributed by atoms with van der Waals surface area (Å²) in [6.07, 6.45) is 3.33. The fraction of sp³-hybridized carbons (Fsp3) is 0.333. The van der Waals surface area contributed by atoms with Crippen molar-refractivity contribution in [1.82, 2.24) is 9.88 Å². The highest BCUT2D eigenvalue weighted by atomic mass is 19.1. The van der Waals surface area contributed by atoms with Crippen LogP contribution in [-0.4, -0.2) is 36.2 Å². The number of halogens is 1. The number of rotatable bonds is 8. The first kappa shape index (κ1) is 23.7. The van der Waals surface area contributed by atoms with Crippen LogP contribution < -0.4 is 10.5 Å². The summed E-state index contributed by atoms with van der Waals surface area (Å²) in [5.74, 6) is 0.254. The largest absolute Gasteiger partial charge is 0.481 e. The molecule has 3 aromatic rings. The first-order valence-corrected chi connectivity index (χ1v) is 11.5. The summed E-state index contributed by atoms with van der Waals surface area (Å²) in [6.45, 7) is 3.03. The highest BCUT2D eigenvalue weighted by Gasteiger charge is 2.43. The SMILES string of the molecule is COc1ccc(-c2ccc([C@H](C)N3CC[C@](CCCN)(c4ccc(F)cc4)OC3=O)cc2)cn1. The fourth-order valence-corrected chi connectivity index (χ4v) is 4.49. The third-order valence-electron chi connectivity index (χ3n) is 6.57. The molecular weight excluding hydrogens is 433 g/mol. The number of cyclic esters (lactones) is 1. The third-order valence-corrected chi connectivity index (χ3v) is 6.57. The molecule has 2 aromatic carbocycles. The van der Waals surface area contributed by atoms with E-state index in [1.54, 1.807) is 30.3 Å². The number of hydrogen-bond donors (Lipinski definition) is 1. The molecule has 0 saturated carbocycles. The first-order chi connectivity index (χ1) is 16.5. The number of methoxy groups -OCH3 is 1. The van der Waals surface area contributed by atoms with Gasteiger partial charge in [0.25, 0.3) is 0 Å². The lowest BCUT2D eigenvalue weighted by atomic mass is 9.84. The minimum Gasteiger partial charge on any atom is -0.481 e. The van der Waals surface area contributed by atoms with Crippen molar-refractivity contribution < 1.29 is 18.7 Å². The Labute approximate surface area is 199 Å². The van der Waals surface area contributed by atoms with Crippen LogP contribution in [0.5, 0.6) is 5.88 Å². The van der Waals surface area contributed by atoms with Crippen molar-refractivity contribution in [2.75, 3.05) is 20.2 Å². The van der Waals surface area contributed by atoms with E-state index in [2.05, 4.69) is 4.98 Å². The normalized spacial score (nSPS) is 18.9. The van der Waals surface area contributed by atoms with Gasteiger partial charge in [0.05, 0.1) is 13.2 Å². The maximum atomic E-state index is 13.5. The van der Waals surface area contributed by atoms with Crippen LogP contribution in [0.3, 0.4) is 0 Å². The minimum absolute atomic E-state index is 0.156. The van der Waals surface area contributed by atoms with Gasteiger partial charge in [-0.2, -0.15) is 0 Å². The van der Waals surface area contributed by atoms with Gasteiger partial charge >= 0.3 is 6.09 Å². The van der Waals surface area contributed by atoms with Gasteiger partial charge in [-0.25, -0.2) is 14.2 Å². The van der Waals surface area contributed by atoms with Crippen molar-refractivity contribution in [2.24, 2.45) is 5.73 Å². The second kappa shape index (κ2) is 10.2. The summed E-state index contributed by atoms with van der Waals surface area (Å²) >= 11 is 0. The standard InChI is InChI=1S/C27H30FN3O3/c1-19(20-4-6-21(7-5-20)22-8-13-25(33-2)30-18-22)31-17-15-27(14-3-16-29,34-26(31)32)23-9-11-24(28)12-10-23/h4-13,18-19H,3,14-17,29H2,1-2H3/t19-,27+/m0/s1. The lowest BCUT2D eigenvalue weighted by Crippen LogP contribution is -2.48. The van der Waals surface area contributed by atoms with Gasteiger partial charge in [-0.1, -0.05) is 36.4 Å². The number of nitrogens with zero attached hydrogens (tertiary/aromatic N) is 2. The van der Waals surface area contributed by atoms with Gasteiger partial charge in [0.1, 0.15) is 11.4 Å². The zero-order valence-corrected chi connectivity index (χ0v) is 19.5. The first-order valence-electron chi connectivity index (χ1n) is 11.5. The lowest BCUT2D eigenvalue weighted by Gasteiger charge is -2.43. The number of amides is 1. The Bertz CT molecular complexity index is 1100. The van der Waals surface area contributed by atoms with E-state index in [-0.39, 0.29) is 18.0 Å². The van der Waals surface area contributed by atoms with E-state index < -0.39 is 5.60 Å². The molecule has 0 spiro atoms. The number of benzene rings is 2. The Kier molecular flexibility index (Phi) is 7.12. The molecule has 1 amide bonds. The molecule has 0 aliphatic carbocycles. The second-order valence-electron chi connectivity index (χ2n) is 8.59. The number of carbonyl (C=O) groups is 1. The van der Waals surface area contributed by atoms with Crippen LogP contribution in [0.25, 0.3) is 11.1 Å². The molecule has 2 N–H and O–H groups in total. The van der Waals surface area contributed by atoms with Crippen LogP contribution in [0.1, 0.15) is 43.4 Å². The van der Waals surface area contributed by atoms with Crippen LogP contribution in [0.4, 0.5) is 9.18 Å². The fourth-order valence-electron chi connectivity index (χ4n) is 4.49. The molecule has 4 rings (SSSR count). The van der Waals surface area contributed by atoms with Gasteiger partial charge in [-0.15, -0.1) is 0 Å². The highest BCUT2D eigenvalue weighted by molar-refractivity contribution is 5.70. The molecule has 2 heterocycles. The van der Waals surface area contributed by atoms with Gasteiger partial charge < -0.3 is 20.1 Å². The Morgan fingerprint density at radius 2 is 1.82 bits per heavy atom. The van der Waals surface area contributed by atoms with Crippen LogP contribution in [0.2, 0.25) is 0 Å². The number of hydrogen-bond acceptors (Lipinski definition) is 5. The summed E-state index contributed by atoms with van der Waals surface area (Å²) in [7, 11) is 1.59. The smallest absolute Gasteiger partial charge is 0.411 e. The molecule has 178 valence electrons.